The lowest BCUT2D eigenvalue weighted by atomic mass is 10.3. The second kappa shape index (κ2) is 6.67. The standard InChI is InChI=1S/C9H15F3N2OS/c1-2-3-5-14(6-4-7(13)16)8(15)9(10,11)12/h2-6H2,1H3,(H2,13,16). The first-order valence-corrected chi connectivity index (χ1v) is 5.34. The number of carbonyl (C=O) groups is 1. The van der Waals surface area contributed by atoms with E-state index in [-0.39, 0.29) is 24.5 Å². The summed E-state index contributed by atoms with van der Waals surface area (Å²) in [7, 11) is 0. The summed E-state index contributed by atoms with van der Waals surface area (Å²) >= 11 is 4.57. The first-order chi connectivity index (χ1) is 7.29. The monoisotopic (exact) mass is 256 g/mol. The van der Waals surface area contributed by atoms with Crippen LogP contribution in [0.4, 0.5) is 13.2 Å². The van der Waals surface area contributed by atoms with Crippen LogP contribution in [0.15, 0.2) is 0 Å². The molecule has 0 atom stereocenters. The Kier molecular flexibility index (Phi) is 6.32. The SMILES string of the molecule is CCCCN(CCC(N)=S)C(=O)C(F)(F)F. The molecule has 0 aliphatic rings. The molecule has 0 heterocycles. The van der Waals surface area contributed by atoms with E-state index in [9.17, 15) is 18.0 Å². The number of hydrogen-bond donors (Lipinski definition) is 1. The van der Waals surface area contributed by atoms with Crippen LogP contribution in [-0.4, -0.2) is 35.1 Å². The van der Waals surface area contributed by atoms with E-state index < -0.39 is 12.1 Å². The maximum absolute atomic E-state index is 12.2. The van der Waals surface area contributed by atoms with Crippen molar-refractivity contribution in [3.8, 4) is 0 Å². The van der Waals surface area contributed by atoms with Crippen molar-refractivity contribution in [1.82, 2.24) is 4.90 Å². The van der Waals surface area contributed by atoms with Gasteiger partial charge < -0.3 is 10.6 Å². The highest BCUT2D eigenvalue weighted by Crippen LogP contribution is 2.19. The molecule has 0 unspecified atom stereocenters. The van der Waals surface area contributed by atoms with Crippen molar-refractivity contribution in [2.24, 2.45) is 5.73 Å². The summed E-state index contributed by atoms with van der Waals surface area (Å²) in [4.78, 5) is 11.9. The average molecular weight is 256 g/mol. The molecule has 16 heavy (non-hydrogen) atoms. The minimum absolute atomic E-state index is 0.0757. The van der Waals surface area contributed by atoms with Crippen molar-refractivity contribution in [2.75, 3.05) is 13.1 Å². The third-order valence-corrected chi connectivity index (χ3v) is 2.14. The Morgan fingerprint density at radius 1 is 1.38 bits per heavy atom. The van der Waals surface area contributed by atoms with Gasteiger partial charge in [0.15, 0.2) is 0 Å². The lowest BCUT2D eigenvalue weighted by Gasteiger charge is -2.23. The van der Waals surface area contributed by atoms with Crippen LogP contribution >= 0.6 is 12.2 Å². The van der Waals surface area contributed by atoms with Gasteiger partial charge in [0.2, 0.25) is 0 Å². The molecule has 0 aromatic heterocycles. The highest BCUT2D eigenvalue weighted by molar-refractivity contribution is 7.80. The maximum Gasteiger partial charge on any atom is 0.471 e. The number of halogens is 3. The second-order valence-electron chi connectivity index (χ2n) is 3.36. The first kappa shape index (κ1) is 15.2. The van der Waals surface area contributed by atoms with Crippen LogP contribution < -0.4 is 5.73 Å². The molecule has 0 aromatic rings. The number of unbranched alkanes of at least 4 members (excludes halogenated alkanes) is 1. The van der Waals surface area contributed by atoms with Crippen LogP contribution in [-0.2, 0) is 4.79 Å². The summed E-state index contributed by atoms with van der Waals surface area (Å²) in [5.74, 6) is -1.82. The molecule has 2 N–H and O–H groups in total. The van der Waals surface area contributed by atoms with E-state index >= 15 is 0 Å². The Hall–Kier alpha value is -0.850. The molecule has 0 aliphatic carbocycles. The van der Waals surface area contributed by atoms with Gasteiger partial charge in [-0.1, -0.05) is 25.6 Å². The van der Waals surface area contributed by atoms with Crippen LogP contribution in [0.5, 0.6) is 0 Å². The number of rotatable bonds is 6. The molecule has 0 bridgehead atoms. The molecule has 94 valence electrons. The summed E-state index contributed by atoms with van der Waals surface area (Å²) < 4.78 is 36.6. The number of nitrogens with two attached hydrogens (primary N) is 1. The van der Waals surface area contributed by atoms with Gasteiger partial charge in [-0.3, -0.25) is 4.79 Å². The first-order valence-electron chi connectivity index (χ1n) is 4.93. The van der Waals surface area contributed by atoms with Gasteiger partial charge in [-0.2, -0.15) is 13.2 Å². The highest BCUT2D eigenvalue weighted by atomic mass is 32.1. The van der Waals surface area contributed by atoms with Crippen molar-refractivity contribution in [3.05, 3.63) is 0 Å². The van der Waals surface area contributed by atoms with E-state index in [0.717, 1.165) is 4.90 Å². The summed E-state index contributed by atoms with van der Waals surface area (Å²) in [5, 5.41) is 0. The topological polar surface area (TPSA) is 46.3 Å². The number of thiocarbonyl (C=S) groups is 1. The number of alkyl halides is 3. The lowest BCUT2D eigenvalue weighted by Crippen LogP contribution is -2.42. The fourth-order valence-corrected chi connectivity index (χ4v) is 1.18. The number of hydrogen-bond acceptors (Lipinski definition) is 2. The van der Waals surface area contributed by atoms with Gasteiger partial charge >= 0.3 is 12.1 Å². The van der Waals surface area contributed by atoms with Crippen molar-refractivity contribution in [2.45, 2.75) is 32.4 Å². The molecule has 1 amide bonds. The molecular weight excluding hydrogens is 241 g/mol. The van der Waals surface area contributed by atoms with Crippen molar-refractivity contribution >= 4 is 23.1 Å². The summed E-state index contributed by atoms with van der Waals surface area (Å²) in [6.07, 6.45) is -3.47. The molecule has 3 nitrogen and oxygen atoms in total. The van der Waals surface area contributed by atoms with Gasteiger partial charge in [0, 0.05) is 19.5 Å². The molecule has 0 radical (unpaired) electrons. The average Bonchev–Trinajstić information content (AvgIpc) is 2.15. The predicted molar refractivity (Wildman–Crippen MR) is 58.9 cm³/mol. The smallest absolute Gasteiger partial charge is 0.393 e. The normalized spacial score (nSPS) is 11.2. The Labute approximate surface area is 97.8 Å². The van der Waals surface area contributed by atoms with E-state index in [0.29, 0.717) is 12.8 Å². The van der Waals surface area contributed by atoms with Crippen LogP contribution in [0.2, 0.25) is 0 Å². The van der Waals surface area contributed by atoms with Crippen LogP contribution in [0.25, 0.3) is 0 Å². The summed E-state index contributed by atoms with van der Waals surface area (Å²) in [5.41, 5.74) is 5.19. The summed E-state index contributed by atoms with van der Waals surface area (Å²) in [6, 6.07) is 0. The van der Waals surface area contributed by atoms with E-state index in [2.05, 4.69) is 12.2 Å². The van der Waals surface area contributed by atoms with E-state index in [1.807, 2.05) is 6.92 Å². The van der Waals surface area contributed by atoms with Gasteiger partial charge in [0.1, 0.15) is 0 Å². The maximum atomic E-state index is 12.2. The second-order valence-corrected chi connectivity index (χ2v) is 3.88. The fraction of sp³-hybridized carbons (Fsp3) is 0.778. The molecule has 0 fully saturated rings. The third kappa shape index (κ3) is 5.89. The highest BCUT2D eigenvalue weighted by Gasteiger charge is 2.41. The fourth-order valence-electron chi connectivity index (χ4n) is 1.09. The lowest BCUT2D eigenvalue weighted by molar-refractivity contribution is -0.185. The Balaban J connectivity index is 4.41. The Bertz CT molecular complexity index is 256. The molecule has 0 saturated heterocycles. The number of carbonyl (C=O) groups excluding carboxylic acids is 1. The minimum Gasteiger partial charge on any atom is -0.393 e. The number of nitrogens with zero attached hydrogens (tertiary/aromatic N) is 1. The van der Waals surface area contributed by atoms with Gasteiger partial charge in [-0.15, -0.1) is 0 Å². The summed E-state index contributed by atoms with van der Waals surface area (Å²) in [6.45, 7) is 1.84. The largest absolute Gasteiger partial charge is 0.471 e. The van der Waals surface area contributed by atoms with Gasteiger partial charge in [0.25, 0.3) is 0 Å². The molecular formula is C9H15F3N2OS. The molecule has 0 aliphatic heterocycles. The molecule has 0 rings (SSSR count). The number of amides is 1. The predicted octanol–water partition coefficient (Wildman–Crippen LogP) is 1.85. The van der Waals surface area contributed by atoms with E-state index in [4.69, 9.17) is 5.73 Å². The van der Waals surface area contributed by atoms with Crippen molar-refractivity contribution in [1.29, 1.82) is 0 Å². The Morgan fingerprint density at radius 2 is 1.94 bits per heavy atom. The van der Waals surface area contributed by atoms with Crippen LogP contribution in [0.1, 0.15) is 26.2 Å². The van der Waals surface area contributed by atoms with Crippen molar-refractivity contribution < 1.29 is 18.0 Å². The van der Waals surface area contributed by atoms with Crippen LogP contribution in [0, 0.1) is 0 Å². The molecule has 0 spiro atoms. The molecule has 7 heteroatoms. The van der Waals surface area contributed by atoms with Crippen LogP contribution in [0.3, 0.4) is 0 Å². The van der Waals surface area contributed by atoms with E-state index in [1.165, 1.54) is 0 Å². The quantitative estimate of drug-likeness (QED) is 0.738. The molecule has 0 aromatic carbocycles. The van der Waals surface area contributed by atoms with Gasteiger partial charge in [-0.05, 0) is 6.42 Å². The van der Waals surface area contributed by atoms with Gasteiger partial charge in [0.05, 0.1) is 4.99 Å². The van der Waals surface area contributed by atoms with Gasteiger partial charge in [-0.25, -0.2) is 0 Å². The van der Waals surface area contributed by atoms with E-state index in [1.54, 1.807) is 0 Å². The third-order valence-electron chi connectivity index (χ3n) is 1.94. The molecule has 0 saturated carbocycles. The zero-order valence-electron chi connectivity index (χ0n) is 9.01. The Morgan fingerprint density at radius 3 is 2.31 bits per heavy atom. The minimum atomic E-state index is -4.83. The zero-order chi connectivity index (χ0) is 12.8. The zero-order valence-corrected chi connectivity index (χ0v) is 9.83. The van der Waals surface area contributed by atoms with Crippen molar-refractivity contribution in [3.63, 3.8) is 0 Å².